The summed E-state index contributed by atoms with van der Waals surface area (Å²) in [5, 5.41) is 21.2. The number of aromatic hydroxyl groups is 2. The Balaban J connectivity index is 0.000000309. The summed E-state index contributed by atoms with van der Waals surface area (Å²) in [5.41, 5.74) is 1.66. The molecule has 3 aromatic rings. The molecule has 2 aromatic carbocycles. The van der Waals surface area contributed by atoms with Crippen LogP contribution < -0.4 is 0 Å². The van der Waals surface area contributed by atoms with E-state index in [0.29, 0.717) is 16.5 Å². The SMILES string of the molecule is Cc1c(O)cc2[o+]c3ccccc3cc2c1O.O=S(=O)([O-])O. The van der Waals surface area contributed by atoms with Crippen LogP contribution in [0.25, 0.3) is 21.9 Å². The molecule has 3 rings (SSSR count). The monoisotopic (exact) mass is 324 g/mol. The summed E-state index contributed by atoms with van der Waals surface area (Å²) in [6.07, 6.45) is 0. The Morgan fingerprint density at radius 1 is 1.09 bits per heavy atom. The summed E-state index contributed by atoms with van der Waals surface area (Å²) in [5.74, 6) is 0.100. The Kier molecular flexibility index (Phi) is 4.18. The van der Waals surface area contributed by atoms with Gasteiger partial charge in [-0.3, -0.25) is 4.55 Å². The summed E-state index contributed by atoms with van der Waals surface area (Å²) in [7, 11) is -4.92. The quantitative estimate of drug-likeness (QED) is 0.251. The van der Waals surface area contributed by atoms with Crippen LogP contribution in [-0.4, -0.2) is 27.7 Å². The molecule has 0 atom stereocenters. The van der Waals surface area contributed by atoms with Gasteiger partial charge in [-0.15, -0.1) is 0 Å². The predicted octanol–water partition coefficient (Wildman–Crippen LogP) is 2.59. The molecular formula is C14H12O7S. The molecule has 0 aliphatic heterocycles. The van der Waals surface area contributed by atoms with E-state index >= 15 is 0 Å². The van der Waals surface area contributed by atoms with Gasteiger partial charge in [0, 0.05) is 11.6 Å². The van der Waals surface area contributed by atoms with Crippen molar-refractivity contribution in [1.82, 2.24) is 0 Å². The summed E-state index contributed by atoms with van der Waals surface area (Å²) in [6, 6.07) is 10.9. The number of hydrogen-bond donors (Lipinski definition) is 3. The average molecular weight is 324 g/mol. The van der Waals surface area contributed by atoms with Crippen LogP contribution in [0.2, 0.25) is 0 Å². The molecule has 1 aromatic heterocycles. The van der Waals surface area contributed by atoms with E-state index < -0.39 is 10.4 Å². The van der Waals surface area contributed by atoms with Crippen LogP contribution in [-0.2, 0) is 10.4 Å². The average Bonchev–Trinajstić information content (AvgIpc) is 2.42. The molecule has 0 bridgehead atoms. The molecule has 22 heavy (non-hydrogen) atoms. The third-order valence-corrected chi connectivity index (χ3v) is 2.97. The van der Waals surface area contributed by atoms with Crippen LogP contribution in [0.1, 0.15) is 5.56 Å². The molecule has 0 aliphatic carbocycles. The first kappa shape index (κ1) is 16.0. The van der Waals surface area contributed by atoms with E-state index in [1.54, 1.807) is 6.92 Å². The first-order valence-corrected chi connectivity index (χ1v) is 7.39. The van der Waals surface area contributed by atoms with Crippen LogP contribution >= 0.6 is 0 Å². The molecule has 116 valence electrons. The highest BCUT2D eigenvalue weighted by Gasteiger charge is 2.18. The Bertz CT molecular complexity index is 940. The maximum atomic E-state index is 9.98. The third kappa shape index (κ3) is 3.61. The lowest BCUT2D eigenvalue weighted by Gasteiger charge is -2.01. The van der Waals surface area contributed by atoms with E-state index in [4.69, 9.17) is 21.9 Å². The van der Waals surface area contributed by atoms with Crippen molar-refractivity contribution in [2.75, 3.05) is 0 Å². The van der Waals surface area contributed by atoms with Crippen molar-refractivity contribution in [3.8, 4) is 11.5 Å². The van der Waals surface area contributed by atoms with Crippen LogP contribution in [0.3, 0.4) is 0 Å². The smallest absolute Gasteiger partial charge is 0.368 e. The summed E-state index contributed by atoms with van der Waals surface area (Å²) in [6.45, 7) is 1.67. The van der Waals surface area contributed by atoms with Gasteiger partial charge in [-0.05, 0) is 19.1 Å². The Morgan fingerprint density at radius 2 is 1.68 bits per heavy atom. The molecule has 0 radical (unpaired) electrons. The molecule has 7 nitrogen and oxygen atoms in total. The minimum absolute atomic E-state index is 0.0361. The Labute approximate surface area is 125 Å². The van der Waals surface area contributed by atoms with Gasteiger partial charge in [0.15, 0.2) is 0 Å². The van der Waals surface area contributed by atoms with Crippen molar-refractivity contribution >= 4 is 32.3 Å². The van der Waals surface area contributed by atoms with Crippen LogP contribution in [0.15, 0.2) is 40.8 Å². The lowest BCUT2D eigenvalue weighted by atomic mass is 10.1. The van der Waals surface area contributed by atoms with Gasteiger partial charge in [0.1, 0.15) is 16.9 Å². The van der Waals surface area contributed by atoms with Crippen molar-refractivity contribution in [3.05, 3.63) is 42.0 Å². The van der Waals surface area contributed by atoms with E-state index in [2.05, 4.69) is 0 Å². The zero-order valence-electron chi connectivity index (χ0n) is 11.3. The topological polar surface area (TPSA) is 129 Å². The first-order chi connectivity index (χ1) is 10.2. The number of hydrogen-bond acceptors (Lipinski definition) is 5. The third-order valence-electron chi connectivity index (χ3n) is 2.97. The molecule has 0 saturated heterocycles. The fraction of sp³-hybridized carbons (Fsp3) is 0.0714. The molecule has 0 saturated carbocycles. The highest BCUT2D eigenvalue weighted by atomic mass is 32.3. The van der Waals surface area contributed by atoms with E-state index in [9.17, 15) is 10.2 Å². The van der Waals surface area contributed by atoms with Gasteiger partial charge >= 0.3 is 11.2 Å². The van der Waals surface area contributed by atoms with Crippen molar-refractivity contribution < 1.29 is 32.2 Å². The molecule has 0 aliphatic rings. The maximum Gasteiger partial charge on any atom is 0.368 e. The van der Waals surface area contributed by atoms with Gasteiger partial charge in [-0.1, -0.05) is 12.1 Å². The number of phenols is 2. The van der Waals surface area contributed by atoms with Crippen LogP contribution in [0.5, 0.6) is 11.5 Å². The van der Waals surface area contributed by atoms with Crippen molar-refractivity contribution in [1.29, 1.82) is 0 Å². The molecule has 0 unspecified atom stereocenters. The molecular weight excluding hydrogens is 312 g/mol. The number of rotatable bonds is 0. The minimum atomic E-state index is -4.92. The summed E-state index contributed by atoms with van der Waals surface area (Å²) < 4.78 is 38.5. The molecule has 3 N–H and O–H groups in total. The second kappa shape index (κ2) is 5.76. The Morgan fingerprint density at radius 3 is 2.32 bits per heavy atom. The van der Waals surface area contributed by atoms with Gasteiger partial charge in [-0.25, -0.2) is 12.8 Å². The van der Waals surface area contributed by atoms with Crippen molar-refractivity contribution in [3.63, 3.8) is 0 Å². The molecule has 1 heterocycles. The van der Waals surface area contributed by atoms with Crippen molar-refractivity contribution in [2.45, 2.75) is 6.92 Å². The zero-order valence-corrected chi connectivity index (χ0v) is 12.2. The molecule has 0 amide bonds. The standard InChI is InChI=1S/C14H10O3.H2O4S/c1-8-11(15)7-13-10(14(8)16)6-9-4-2-3-5-12(9)17-13;1-5(2,3)4/h2-7H,1H3,(H-,15,16);(H2,1,2,3,4). The zero-order chi connectivity index (χ0) is 16.5. The van der Waals surface area contributed by atoms with Crippen molar-refractivity contribution in [2.24, 2.45) is 0 Å². The van der Waals surface area contributed by atoms with Gasteiger partial charge in [-0.2, -0.15) is 0 Å². The first-order valence-electron chi connectivity index (χ1n) is 6.02. The largest absolute Gasteiger partial charge is 0.726 e. The molecule has 0 fully saturated rings. The number of phenolic OH excluding ortho intramolecular Hbond substituents is 2. The fourth-order valence-electron chi connectivity index (χ4n) is 1.94. The lowest BCUT2D eigenvalue weighted by Crippen LogP contribution is -1.90. The Hall–Kier alpha value is -2.42. The lowest BCUT2D eigenvalue weighted by molar-refractivity contribution is 0.366. The van der Waals surface area contributed by atoms with Gasteiger partial charge in [0.2, 0.25) is 10.4 Å². The summed E-state index contributed by atoms with van der Waals surface area (Å²) in [4.78, 5) is 0. The number of benzene rings is 2. The maximum absolute atomic E-state index is 9.98. The van der Waals surface area contributed by atoms with Crippen LogP contribution in [0.4, 0.5) is 0 Å². The highest BCUT2D eigenvalue weighted by Crippen LogP contribution is 2.36. The van der Waals surface area contributed by atoms with E-state index in [0.717, 1.165) is 11.0 Å². The highest BCUT2D eigenvalue weighted by molar-refractivity contribution is 7.79. The number of fused-ring (bicyclic) bond motifs is 2. The number of para-hydroxylation sites is 1. The molecule has 0 spiro atoms. The van der Waals surface area contributed by atoms with E-state index in [1.807, 2.05) is 30.3 Å². The summed E-state index contributed by atoms with van der Waals surface area (Å²) >= 11 is 0. The minimum Gasteiger partial charge on any atom is -0.726 e. The van der Waals surface area contributed by atoms with Gasteiger partial charge in [0.25, 0.3) is 0 Å². The second-order valence-corrected chi connectivity index (χ2v) is 5.35. The normalized spacial score (nSPS) is 11.2. The second-order valence-electron chi connectivity index (χ2n) is 4.49. The predicted molar refractivity (Wildman–Crippen MR) is 78.5 cm³/mol. The van der Waals surface area contributed by atoms with E-state index in [-0.39, 0.29) is 11.5 Å². The van der Waals surface area contributed by atoms with Crippen LogP contribution in [0, 0.1) is 6.92 Å². The fourth-order valence-corrected chi connectivity index (χ4v) is 1.94. The molecule has 8 heteroatoms. The van der Waals surface area contributed by atoms with Gasteiger partial charge in [0.05, 0.1) is 11.5 Å². The van der Waals surface area contributed by atoms with E-state index in [1.165, 1.54) is 6.07 Å². The van der Waals surface area contributed by atoms with Gasteiger partial charge < -0.3 is 14.8 Å².